The first kappa shape index (κ1) is 18.2. The van der Waals surface area contributed by atoms with Gasteiger partial charge in [0.2, 0.25) is 0 Å². The number of carbonyl (C=O) groups is 1. The summed E-state index contributed by atoms with van der Waals surface area (Å²) in [5.74, 6) is -0.271. The summed E-state index contributed by atoms with van der Waals surface area (Å²) in [6, 6.07) is 7.78. The number of aliphatic hydroxyl groups excluding tert-OH is 1. The van der Waals surface area contributed by atoms with Crippen LogP contribution in [-0.4, -0.2) is 36.8 Å². The summed E-state index contributed by atoms with van der Waals surface area (Å²) < 4.78 is 22.9. The molecule has 2 rings (SSSR count). The van der Waals surface area contributed by atoms with Crippen molar-refractivity contribution in [2.45, 2.75) is 37.7 Å². The van der Waals surface area contributed by atoms with E-state index in [4.69, 9.17) is 0 Å². The zero-order valence-electron chi connectivity index (χ0n) is 14.0. The summed E-state index contributed by atoms with van der Waals surface area (Å²) in [5.41, 5.74) is 2.66. The molecule has 6 nitrogen and oxygen atoms in total. The third kappa shape index (κ3) is 4.46. The third-order valence-electron chi connectivity index (χ3n) is 3.61. The van der Waals surface area contributed by atoms with E-state index in [2.05, 4.69) is 10.3 Å². The predicted octanol–water partition coefficient (Wildman–Crippen LogP) is 2.16. The number of aromatic amines is 1. The number of aryl methyl sites for hydroxylation is 1. The van der Waals surface area contributed by atoms with E-state index >= 15 is 0 Å². The van der Waals surface area contributed by atoms with Gasteiger partial charge in [-0.25, -0.2) is 8.42 Å². The monoisotopic (exact) mass is 350 g/mol. The van der Waals surface area contributed by atoms with Crippen LogP contribution in [0.15, 0.2) is 35.2 Å². The number of hydrogen-bond donors (Lipinski definition) is 3. The lowest BCUT2D eigenvalue weighted by atomic mass is 10.1. The van der Waals surface area contributed by atoms with Crippen LogP contribution in [-0.2, 0) is 22.7 Å². The van der Waals surface area contributed by atoms with Crippen molar-refractivity contribution < 1.29 is 18.3 Å². The fourth-order valence-electron chi connectivity index (χ4n) is 2.45. The molecule has 2 aromatic rings. The van der Waals surface area contributed by atoms with Gasteiger partial charge in [-0.3, -0.25) is 4.79 Å². The number of carbonyl (C=O) groups excluding carboxylic acids is 1. The number of aromatic nitrogens is 1. The van der Waals surface area contributed by atoms with Gasteiger partial charge in [0.25, 0.3) is 5.91 Å². The summed E-state index contributed by atoms with van der Waals surface area (Å²) in [4.78, 5) is 15.8. The van der Waals surface area contributed by atoms with Gasteiger partial charge < -0.3 is 15.4 Å². The first-order valence-corrected chi connectivity index (χ1v) is 9.60. The van der Waals surface area contributed by atoms with Gasteiger partial charge in [-0.15, -0.1) is 0 Å². The Morgan fingerprint density at radius 3 is 2.42 bits per heavy atom. The fourth-order valence-corrected chi connectivity index (χ4v) is 3.08. The number of amides is 1. The maximum Gasteiger partial charge on any atom is 0.257 e. The topological polar surface area (TPSA) is 99.3 Å². The minimum Gasteiger partial charge on any atom is -0.393 e. The van der Waals surface area contributed by atoms with Gasteiger partial charge in [-0.1, -0.05) is 6.92 Å². The molecule has 1 heterocycles. The minimum absolute atomic E-state index is 0.204. The molecule has 0 aliphatic rings. The third-order valence-corrected chi connectivity index (χ3v) is 4.74. The SMILES string of the molecule is CCc1[nH]c(C[C@H](C)O)cc1C(=O)Nc1ccc(S(C)(=O)=O)cc1. The van der Waals surface area contributed by atoms with Crippen LogP contribution in [0.25, 0.3) is 0 Å². The van der Waals surface area contributed by atoms with Crippen LogP contribution < -0.4 is 5.32 Å². The lowest BCUT2D eigenvalue weighted by Crippen LogP contribution is -2.13. The molecule has 24 heavy (non-hydrogen) atoms. The minimum atomic E-state index is -3.26. The Bertz CT molecular complexity index is 821. The molecular formula is C17H22N2O4S. The smallest absolute Gasteiger partial charge is 0.257 e. The normalized spacial score (nSPS) is 12.8. The van der Waals surface area contributed by atoms with E-state index in [0.717, 1.165) is 17.6 Å². The standard InChI is InChI=1S/C17H22N2O4S/c1-4-16-15(10-13(18-16)9-11(2)20)17(21)19-12-5-7-14(8-6-12)24(3,22)23/h5-8,10-11,18,20H,4,9H2,1-3H3,(H,19,21)/t11-/m0/s1. The second-order valence-electron chi connectivity index (χ2n) is 5.84. The Labute approximate surface area is 141 Å². The molecule has 0 saturated heterocycles. The number of nitrogens with one attached hydrogen (secondary N) is 2. The van der Waals surface area contributed by atoms with Gasteiger partial charge in [0.1, 0.15) is 0 Å². The number of rotatable bonds is 6. The second kappa shape index (κ2) is 7.19. The Morgan fingerprint density at radius 1 is 1.29 bits per heavy atom. The molecule has 0 aliphatic carbocycles. The summed E-state index contributed by atoms with van der Waals surface area (Å²) in [6.45, 7) is 3.63. The van der Waals surface area contributed by atoms with E-state index in [-0.39, 0.29) is 10.8 Å². The molecule has 1 amide bonds. The molecule has 1 aromatic carbocycles. The highest BCUT2D eigenvalue weighted by Crippen LogP contribution is 2.18. The Balaban J connectivity index is 2.19. The zero-order valence-corrected chi connectivity index (χ0v) is 14.8. The van der Waals surface area contributed by atoms with E-state index in [1.54, 1.807) is 25.1 Å². The largest absolute Gasteiger partial charge is 0.393 e. The van der Waals surface area contributed by atoms with Crippen LogP contribution in [0.4, 0.5) is 5.69 Å². The summed E-state index contributed by atoms with van der Waals surface area (Å²) in [7, 11) is -3.26. The molecule has 0 spiro atoms. The number of hydrogen-bond acceptors (Lipinski definition) is 4. The molecule has 130 valence electrons. The highest BCUT2D eigenvalue weighted by molar-refractivity contribution is 7.90. The Hall–Kier alpha value is -2.12. The van der Waals surface area contributed by atoms with Crippen molar-refractivity contribution in [2.24, 2.45) is 0 Å². The predicted molar refractivity (Wildman–Crippen MR) is 93.1 cm³/mol. The molecule has 0 aliphatic heterocycles. The fraction of sp³-hybridized carbons (Fsp3) is 0.353. The summed E-state index contributed by atoms with van der Waals surface area (Å²) in [6.07, 6.45) is 1.75. The van der Waals surface area contributed by atoms with Crippen LogP contribution >= 0.6 is 0 Å². The summed E-state index contributed by atoms with van der Waals surface area (Å²) in [5, 5.41) is 12.2. The van der Waals surface area contributed by atoms with Gasteiger partial charge in [-0.05, 0) is 43.7 Å². The van der Waals surface area contributed by atoms with E-state index in [9.17, 15) is 18.3 Å². The average Bonchev–Trinajstić information content (AvgIpc) is 2.89. The molecule has 3 N–H and O–H groups in total. The quantitative estimate of drug-likeness (QED) is 0.743. The molecule has 0 fully saturated rings. The number of H-pyrrole nitrogens is 1. The van der Waals surface area contributed by atoms with Crippen molar-refractivity contribution in [1.29, 1.82) is 0 Å². The van der Waals surface area contributed by atoms with Crippen molar-refractivity contribution in [2.75, 3.05) is 11.6 Å². The molecule has 1 atom stereocenters. The Morgan fingerprint density at radius 2 is 1.92 bits per heavy atom. The van der Waals surface area contributed by atoms with Crippen molar-refractivity contribution >= 4 is 21.4 Å². The van der Waals surface area contributed by atoms with Crippen molar-refractivity contribution in [3.05, 3.63) is 47.3 Å². The summed E-state index contributed by atoms with van der Waals surface area (Å²) >= 11 is 0. The van der Waals surface area contributed by atoms with Crippen LogP contribution in [0.5, 0.6) is 0 Å². The number of sulfone groups is 1. The zero-order chi connectivity index (χ0) is 17.9. The van der Waals surface area contributed by atoms with Gasteiger partial charge in [0, 0.05) is 29.8 Å². The van der Waals surface area contributed by atoms with Crippen LogP contribution in [0.3, 0.4) is 0 Å². The average molecular weight is 350 g/mol. The Kier molecular flexibility index (Phi) is 5.46. The highest BCUT2D eigenvalue weighted by atomic mass is 32.2. The molecule has 0 saturated carbocycles. The molecule has 1 aromatic heterocycles. The van der Waals surface area contributed by atoms with Gasteiger partial charge >= 0.3 is 0 Å². The van der Waals surface area contributed by atoms with Crippen LogP contribution in [0.2, 0.25) is 0 Å². The van der Waals surface area contributed by atoms with E-state index in [0.29, 0.717) is 24.1 Å². The molecule has 0 unspecified atom stereocenters. The second-order valence-corrected chi connectivity index (χ2v) is 7.86. The lowest BCUT2D eigenvalue weighted by Gasteiger charge is -2.06. The van der Waals surface area contributed by atoms with E-state index in [1.165, 1.54) is 12.1 Å². The molecular weight excluding hydrogens is 328 g/mol. The first-order valence-electron chi connectivity index (χ1n) is 7.71. The lowest BCUT2D eigenvalue weighted by molar-refractivity contribution is 0.102. The molecule has 0 radical (unpaired) electrons. The number of anilines is 1. The maximum atomic E-state index is 12.5. The van der Waals surface area contributed by atoms with E-state index < -0.39 is 15.9 Å². The number of benzene rings is 1. The molecule has 0 bridgehead atoms. The van der Waals surface area contributed by atoms with Crippen LogP contribution in [0.1, 0.15) is 35.6 Å². The highest BCUT2D eigenvalue weighted by Gasteiger charge is 2.16. The van der Waals surface area contributed by atoms with Crippen molar-refractivity contribution in [3.8, 4) is 0 Å². The van der Waals surface area contributed by atoms with E-state index in [1.807, 2.05) is 6.92 Å². The van der Waals surface area contributed by atoms with Crippen molar-refractivity contribution in [1.82, 2.24) is 4.98 Å². The van der Waals surface area contributed by atoms with Gasteiger partial charge in [-0.2, -0.15) is 0 Å². The molecule has 7 heteroatoms. The van der Waals surface area contributed by atoms with Gasteiger partial charge in [0.05, 0.1) is 16.6 Å². The van der Waals surface area contributed by atoms with Crippen LogP contribution in [0, 0.1) is 0 Å². The number of aliphatic hydroxyl groups is 1. The van der Waals surface area contributed by atoms with Gasteiger partial charge in [0.15, 0.2) is 9.84 Å². The first-order chi connectivity index (χ1) is 11.2. The van der Waals surface area contributed by atoms with Crippen molar-refractivity contribution in [3.63, 3.8) is 0 Å². The maximum absolute atomic E-state index is 12.5.